The fourth-order valence-corrected chi connectivity index (χ4v) is 6.56. The number of hydrogen-bond donors (Lipinski definition) is 3. The number of nitrogens with zero attached hydrogens (tertiary/aromatic N) is 4. The smallest absolute Gasteiger partial charge is 0.233 e. The molecule has 0 saturated carbocycles. The zero-order chi connectivity index (χ0) is 25.7. The van der Waals surface area contributed by atoms with Crippen molar-refractivity contribution in [3.8, 4) is 0 Å². The predicted molar refractivity (Wildman–Crippen MR) is 145 cm³/mol. The first-order valence-corrected chi connectivity index (χ1v) is 13.8. The van der Waals surface area contributed by atoms with E-state index in [1.165, 1.54) is 0 Å². The number of fused-ring (bicyclic) bond motifs is 5. The van der Waals surface area contributed by atoms with Crippen molar-refractivity contribution < 1.29 is 9.90 Å². The van der Waals surface area contributed by atoms with Crippen molar-refractivity contribution in [2.45, 2.75) is 56.8 Å². The van der Waals surface area contributed by atoms with Gasteiger partial charge in [-0.25, -0.2) is 9.97 Å². The number of hydrogen-bond acceptors (Lipinski definition) is 7. The number of aliphatic hydroxyl groups excluding tert-OH is 1. The summed E-state index contributed by atoms with van der Waals surface area (Å²) in [5, 5.41) is 19.0. The van der Waals surface area contributed by atoms with E-state index in [1.54, 1.807) is 6.33 Å². The van der Waals surface area contributed by atoms with Gasteiger partial charge in [-0.05, 0) is 36.5 Å². The van der Waals surface area contributed by atoms with E-state index in [4.69, 9.17) is 16.6 Å². The number of anilines is 2. The molecular formula is C28H35ClN6O2. The molecule has 9 heteroatoms. The van der Waals surface area contributed by atoms with Gasteiger partial charge in [0.2, 0.25) is 5.91 Å². The van der Waals surface area contributed by atoms with Crippen LogP contribution in [0.3, 0.4) is 0 Å². The van der Waals surface area contributed by atoms with Crippen LogP contribution in [0.1, 0.15) is 49.7 Å². The zero-order valence-electron chi connectivity index (χ0n) is 21.3. The van der Waals surface area contributed by atoms with Gasteiger partial charge in [0.25, 0.3) is 0 Å². The van der Waals surface area contributed by atoms with Crippen molar-refractivity contribution in [1.29, 1.82) is 0 Å². The fourth-order valence-electron chi connectivity index (χ4n) is 6.43. The van der Waals surface area contributed by atoms with Crippen molar-refractivity contribution in [2.24, 2.45) is 11.8 Å². The van der Waals surface area contributed by atoms with E-state index in [2.05, 4.69) is 45.3 Å². The number of likely N-dealkylation sites (tertiary alicyclic amines) is 1. The highest BCUT2D eigenvalue weighted by Gasteiger charge is 2.44. The molecule has 2 fully saturated rings. The number of carbonyl (C=O) groups excluding carboxylic acids is 1. The van der Waals surface area contributed by atoms with E-state index in [0.717, 1.165) is 49.4 Å². The number of nitrogens with one attached hydrogen (secondary N) is 2. The highest BCUT2D eigenvalue weighted by molar-refractivity contribution is 6.30. The van der Waals surface area contributed by atoms with Crippen LogP contribution in [0.4, 0.5) is 11.6 Å². The lowest BCUT2D eigenvalue weighted by Crippen LogP contribution is -2.50. The van der Waals surface area contributed by atoms with Gasteiger partial charge in [-0.1, -0.05) is 49.7 Å². The van der Waals surface area contributed by atoms with Gasteiger partial charge >= 0.3 is 0 Å². The largest absolute Gasteiger partial charge is 0.378 e. The van der Waals surface area contributed by atoms with Crippen molar-refractivity contribution in [1.82, 2.24) is 20.2 Å². The molecule has 3 aliphatic heterocycles. The number of aromatic nitrogens is 2. The Balaban J connectivity index is 1.26. The van der Waals surface area contributed by atoms with E-state index in [9.17, 15) is 9.90 Å². The van der Waals surface area contributed by atoms with Crippen LogP contribution in [0.5, 0.6) is 0 Å². The Kier molecular flexibility index (Phi) is 6.69. The highest BCUT2D eigenvalue weighted by atomic mass is 35.5. The maximum Gasteiger partial charge on any atom is 0.233 e. The molecule has 2 saturated heterocycles. The monoisotopic (exact) mass is 522 g/mol. The van der Waals surface area contributed by atoms with Gasteiger partial charge < -0.3 is 20.6 Å². The molecule has 37 heavy (non-hydrogen) atoms. The Bertz CT molecular complexity index is 1190. The van der Waals surface area contributed by atoms with Crippen molar-refractivity contribution in [2.75, 3.05) is 36.4 Å². The molecule has 3 unspecified atom stereocenters. The summed E-state index contributed by atoms with van der Waals surface area (Å²) in [7, 11) is 0. The lowest BCUT2D eigenvalue weighted by Gasteiger charge is -2.40. The molecule has 1 aromatic carbocycles. The zero-order valence-corrected chi connectivity index (χ0v) is 22.1. The minimum Gasteiger partial charge on any atom is -0.378 e. The summed E-state index contributed by atoms with van der Waals surface area (Å²) in [6.45, 7) is 7.55. The summed E-state index contributed by atoms with van der Waals surface area (Å²) in [6.07, 6.45) is 7.11. The molecule has 6 rings (SSSR count). The summed E-state index contributed by atoms with van der Waals surface area (Å²) in [4.78, 5) is 26.2. The molecule has 6 atom stereocenters. The van der Waals surface area contributed by atoms with Crippen LogP contribution in [0.2, 0.25) is 5.02 Å². The molecule has 4 heterocycles. The third-order valence-electron chi connectivity index (χ3n) is 8.48. The predicted octanol–water partition coefficient (Wildman–Crippen LogP) is 3.35. The fraction of sp³-hybridized carbons (Fsp3) is 0.536. The minimum absolute atomic E-state index is 0.0112. The van der Waals surface area contributed by atoms with Crippen LogP contribution in [0.15, 0.2) is 42.7 Å². The van der Waals surface area contributed by atoms with Gasteiger partial charge in [-0.15, -0.1) is 0 Å². The first-order chi connectivity index (χ1) is 17.9. The Labute approximate surface area is 223 Å². The number of aliphatic hydroxyl groups is 1. The SMILES string of the molecule is CC(C)NC[C@H](c1ccc(Cl)cc1)C(O)N1CC2CCN(c3ncnc4c3[C@@H]3C=C[C@@H]3C(=O)N4)CC1C2. The molecule has 8 nitrogen and oxygen atoms in total. The number of allylic oxidation sites excluding steroid dienone is 1. The minimum atomic E-state index is -0.611. The van der Waals surface area contributed by atoms with Crippen LogP contribution in [0.25, 0.3) is 0 Å². The second kappa shape index (κ2) is 9.98. The number of halogens is 1. The van der Waals surface area contributed by atoms with Gasteiger partial charge in [0, 0.05) is 60.7 Å². The maximum absolute atomic E-state index is 12.4. The van der Waals surface area contributed by atoms with Crippen molar-refractivity contribution in [3.63, 3.8) is 0 Å². The lowest BCUT2D eigenvalue weighted by atomic mass is 9.75. The van der Waals surface area contributed by atoms with Gasteiger partial charge in [0.1, 0.15) is 24.2 Å². The van der Waals surface area contributed by atoms with E-state index in [0.29, 0.717) is 29.3 Å². The molecule has 1 aliphatic carbocycles. The van der Waals surface area contributed by atoms with Gasteiger partial charge in [-0.3, -0.25) is 9.69 Å². The Morgan fingerprint density at radius 2 is 1.95 bits per heavy atom. The van der Waals surface area contributed by atoms with Crippen molar-refractivity contribution in [3.05, 3.63) is 58.9 Å². The van der Waals surface area contributed by atoms with E-state index in [-0.39, 0.29) is 29.7 Å². The molecule has 1 amide bonds. The Morgan fingerprint density at radius 3 is 2.68 bits per heavy atom. The number of carbonyl (C=O) groups is 1. The van der Waals surface area contributed by atoms with E-state index in [1.807, 2.05) is 30.3 Å². The van der Waals surface area contributed by atoms with Crippen LogP contribution < -0.4 is 15.5 Å². The molecule has 0 spiro atoms. The van der Waals surface area contributed by atoms with E-state index < -0.39 is 6.23 Å². The highest BCUT2D eigenvalue weighted by Crippen LogP contribution is 2.47. The third-order valence-corrected chi connectivity index (χ3v) is 8.73. The number of amides is 1. The molecule has 2 bridgehead atoms. The maximum atomic E-state index is 12.4. The normalized spacial score (nSPS) is 28.2. The third kappa shape index (κ3) is 4.65. The van der Waals surface area contributed by atoms with Crippen LogP contribution in [-0.2, 0) is 4.79 Å². The lowest BCUT2D eigenvalue weighted by molar-refractivity contribution is -0.119. The molecular weight excluding hydrogens is 488 g/mol. The molecule has 2 aromatic rings. The first-order valence-electron chi connectivity index (χ1n) is 13.4. The quantitative estimate of drug-likeness (QED) is 0.480. The number of benzene rings is 1. The van der Waals surface area contributed by atoms with Crippen LogP contribution in [-0.4, -0.2) is 70.4 Å². The molecule has 4 aliphatic rings. The van der Waals surface area contributed by atoms with Crippen LogP contribution in [0, 0.1) is 11.8 Å². The summed E-state index contributed by atoms with van der Waals surface area (Å²) in [5.41, 5.74) is 2.12. The van der Waals surface area contributed by atoms with Gasteiger partial charge in [0.15, 0.2) is 0 Å². The van der Waals surface area contributed by atoms with Crippen LogP contribution >= 0.6 is 11.6 Å². The summed E-state index contributed by atoms with van der Waals surface area (Å²) < 4.78 is 0. The second-order valence-corrected chi connectivity index (χ2v) is 11.6. The first kappa shape index (κ1) is 24.8. The molecule has 1 aromatic heterocycles. The second-order valence-electron chi connectivity index (χ2n) is 11.2. The van der Waals surface area contributed by atoms with Gasteiger partial charge in [-0.2, -0.15) is 0 Å². The molecule has 196 valence electrons. The molecule has 3 N–H and O–H groups in total. The topological polar surface area (TPSA) is 93.6 Å². The molecule has 0 radical (unpaired) electrons. The summed E-state index contributed by atoms with van der Waals surface area (Å²) >= 11 is 6.17. The average Bonchev–Trinajstić information content (AvgIpc) is 3.12. The number of rotatable bonds is 7. The summed E-state index contributed by atoms with van der Waals surface area (Å²) in [5.74, 6) is 1.93. The standard InChI is InChI=1S/C28H35ClN6O2/c1-16(2)30-12-23(18-3-5-19(29)6-4-18)28(37)35-13-17-9-10-34(14-20(35)11-17)26-24-21-7-8-22(21)27(36)33-25(24)31-15-32-26/h3-8,15-17,20-23,28,30,37H,9-14H2,1-2H3,(H,31,32,33,36)/t17?,20?,21-,22+,23-,28?/m1/s1. The van der Waals surface area contributed by atoms with E-state index >= 15 is 0 Å². The van der Waals surface area contributed by atoms with Gasteiger partial charge in [0.05, 0.1) is 5.92 Å². The Hall–Kier alpha value is -2.52. The average molecular weight is 523 g/mol. The Morgan fingerprint density at radius 1 is 1.16 bits per heavy atom. The van der Waals surface area contributed by atoms with Crippen molar-refractivity contribution >= 4 is 29.1 Å². The summed E-state index contributed by atoms with van der Waals surface area (Å²) in [6, 6.07) is 8.41.